The molecule has 5 heteroatoms. The van der Waals surface area contributed by atoms with Crippen LogP contribution in [0.5, 0.6) is 0 Å². The first-order valence-corrected chi connectivity index (χ1v) is 8.47. The Morgan fingerprint density at radius 3 is 3.00 bits per heavy atom. The minimum absolute atomic E-state index is 0.00173. The number of carbonyl (C=O) groups excluding carboxylic acids is 1. The number of likely N-dealkylation sites (tertiary alicyclic amines) is 1. The van der Waals surface area contributed by atoms with Gasteiger partial charge in [0.15, 0.2) is 0 Å². The second-order valence-electron chi connectivity index (χ2n) is 5.91. The lowest BCUT2D eigenvalue weighted by molar-refractivity contribution is -0.137. The van der Waals surface area contributed by atoms with Crippen molar-refractivity contribution in [3.63, 3.8) is 0 Å². The molecule has 1 aliphatic heterocycles. The third-order valence-electron chi connectivity index (χ3n) is 4.11. The van der Waals surface area contributed by atoms with Gasteiger partial charge < -0.3 is 10.0 Å². The number of amides is 1. The third-order valence-corrected chi connectivity index (χ3v) is 5.00. The summed E-state index contributed by atoms with van der Waals surface area (Å²) in [5.74, 6) is -0.192. The van der Waals surface area contributed by atoms with E-state index in [4.69, 9.17) is 5.11 Å². The number of aliphatic carboxylic acids is 1. The minimum atomic E-state index is -0.746. The van der Waals surface area contributed by atoms with Gasteiger partial charge in [0.25, 0.3) is 0 Å². The molecule has 1 aromatic heterocycles. The van der Waals surface area contributed by atoms with Crippen molar-refractivity contribution in [2.24, 2.45) is 11.8 Å². The van der Waals surface area contributed by atoms with E-state index in [-0.39, 0.29) is 18.2 Å². The van der Waals surface area contributed by atoms with Crippen LogP contribution in [0.3, 0.4) is 0 Å². The van der Waals surface area contributed by atoms with Gasteiger partial charge in [-0.05, 0) is 43.0 Å². The van der Waals surface area contributed by atoms with Gasteiger partial charge in [-0.15, -0.1) is 11.3 Å². The van der Waals surface area contributed by atoms with Crippen molar-refractivity contribution in [1.29, 1.82) is 0 Å². The highest BCUT2D eigenvalue weighted by Gasteiger charge is 2.27. The van der Waals surface area contributed by atoms with Crippen LogP contribution in [0.25, 0.3) is 0 Å². The molecule has 0 bridgehead atoms. The Balaban J connectivity index is 1.84. The monoisotopic (exact) mass is 309 g/mol. The molecule has 2 rings (SSSR count). The van der Waals surface area contributed by atoms with Crippen LogP contribution < -0.4 is 0 Å². The van der Waals surface area contributed by atoms with E-state index in [1.54, 1.807) is 11.3 Å². The molecule has 1 saturated heterocycles. The fourth-order valence-corrected chi connectivity index (χ4v) is 3.79. The quantitative estimate of drug-likeness (QED) is 0.878. The molecule has 116 valence electrons. The van der Waals surface area contributed by atoms with Crippen molar-refractivity contribution in [1.82, 2.24) is 4.90 Å². The normalized spacial score (nSPS) is 20.2. The van der Waals surface area contributed by atoms with Gasteiger partial charge in [-0.25, -0.2) is 0 Å². The Kier molecular flexibility index (Phi) is 5.79. The summed E-state index contributed by atoms with van der Waals surface area (Å²) in [6.07, 6.45) is 3.71. The molecular weight excluding hydrogens is 286 g/mol. The molecule has 2 heterocycles. The van der Waals surface area contributed by atoms with Gasteiger partial charge in [0.05, 0.1) is 0 Å². The number of hydrogen-bond acceptors (Lipinski definition) is 3. The van der Waals surface area contributed by atoms with Crippen molar-refractivity contribution in [3.05, 3.63) is 22.4 Å². The molecule has 0 unspecified atom stereocenters. The van der Waals surface area contributed by atoms with Crippen LogP contribution in [0.1, 0.15) is 37.5 Å². The smallest absolute Gasteiger partial charge is 0.303 e. The van der Waals surface area contributed by atoms with Crippen molar-refractivity contribution in [3.8, 4) is 0 Å². The topological polar surface area (TPSA) is 57.6 Å². The third kappa shape index (κ3) is 4.84. The number of carboxylic acid groups (broad SMARTS) is 1. The number of thiophene rings is 1. The van der Waals surface area contributed by atoms with Gasteiger partial charge in [-0.1, -0.05) is 13.0 Å². The average Bonchev–Trinajstić information content (AvgIpc) is 2.97. The highest BCUT2D eigenvalue weighted by Crippen LogP contribution is 2.23. The van der Waals surface area contributed by atoms with E-state index < -0.39 is 5.97 Å². The van der Waals surface area contributed by atoms with Crippen LogP contribution >= 0.6 is 11.3 Å². The first-order valence-electron chi connectivity index (χ1n) is 7.59. The summed E-state index contributed by atoms with van der Waals surface area (Å²) in [5.41, 5.74) is 0. The molecule has 0 spiro atoms. The minimum Gasteiger partial charge on any atom is -0.481 e. The van der Waals surface area contributed by atoms with Crippen LogP contribution in [0.4, 0.5) is 0 Å². The molecule has 0 saturated carbocycles. The number of rotatable bonds is 6. The van der Waals surface area contributed by atoms with E-state index in [1.165, 1.54) is 4.88 Å². The molecule has 1 fully saturated rings. The van der Waals surface area contributed by atoms with Crippen molar-refractivity contribution in [2.45, 2.75) is 39.0 Å². The Bertz CT molecular complexity index is 472. The van der Waals surface area contributed by atoms with Crippen molar-refractivity contribution < 1.29 is 14.7 Å². The van der Waals surface area contributed by atoms with Gasteiger partial charge in [0.1, 0.15) is 0 Å². The molecule has 1 aliphatic rings. The van der Waals surface area contributed by atoms with Crippen LogP contribution in [0.15, 0.2) is 17.5 Å². The second kappa shape index (κ2) is 7.59. The molecule has 0 aromatic carbocycles. The zero-order valence-electron chi connectivity index (χ0n) is 12.5. The fourth-order valence-electron chi connectivity index (χ4n) is 2.96. The summed E-state index contributed by atoms with van der Waals surface area (Å²) < 4.78 is 0. The highest BCUT2D eigenvalue weighted by molar-refractivity contribution is 7.09. The van der Waals surface area contributed by atoms with E-state index in [2.05, 4.69) is 6.07 Å². The molecule has 21 heavy (non-hydrogen) atoms. The van der Waals surface area contributed by atoms with Crippen LogP contribution in [0.2, 0.25) is 0 Å². The predicted octanol–water partition coefficient (Wildman–Crippen LogP) is 3.03. The lowest BCUT2D eigenvalue weighted by Crippen LogP contribution is -2.43. The summed E-state index contributed by atoms with van der Waals surface area (Å²) in [4.78, 5) is 26.4. The number of nitrogens with zero attached hydrogens (tertiary/aromatic N) is 1. The SMILES string of the molecule is C[C@H](Cc1cccs1)C(=O)N1CCC[C@H](CCC(=O)O)C1. The maximum absolute atomic E-state index is 12.5. The van der Waals surface area contributed by atoms with Gasteiger partial charge in [0.2, 0.25) is 5.91 Å². The van der Waals surface area contributed by atoms with Gasteiger partial charge in [-0.3, -0.25) is 9.59 Å². The number of carbonyl (C=O) groups is 2. The lowest BCUT2D eigenvalue weighted by Gasteiger charge is -2.34. The zero-order chi connectivity index (χ0) is 15.2. The summed E-state index contributed by atoms with van der Waals surface area (Å²) >= 11 is 1.69. The Morgan fingerprint density at radius 1 is 1.52 bits per heavy atom. The first-order chi connectivity index (χ1) is 10.1. The molecule has 1 amide bonds. The van der Waals surface area contributed by atoms with Crippen LogP contribution in [0, 0.1) is 11.8 Å². The summed E-state index contributed by atoms with van der Waals surface area (Å²) in [6, 6.07) is 4.08. The first kappa shape index (κ1) is 16.0. The van der Waals surface area contributed by atoms with Gasteiger partial charge in [0, 0.05) is 30.3 Å². The van der Waals surface area contributed by atoms with E-state index in [9.17, 15) is 9.59 Å². The Labute approximate surface area is 129 Å². The van der Waals surface area contributed by atoms with Gasteiger partial charge in [-0.2, -0.15) is 0 Å². The fraction of sp³-hybridized carbons (Fsp3) is 0.625. The Morgan fingerprint density at radius 2 is 2.33 bits per heavy atom. The average molecular weight is 309 g/mol. The van der Waals surface area contributed by atoms with E-state index in [0.717, 1.165) is 32.4 Å². The molecule has 0 radical (unpaired) electrons. The van der Waals surface area contributed by atoms with Crippen molar-refractivity contribution >= 4 is 23.2 Å². The molecule has 1 aromatic rings. The predicted molar refractivity (Wildman–Crippen MR) is 83.4 cm³/mol. The summed E-state index contributed by atoms with van der Waals surface area (Å²) in [6.45, 7) is 3.53. The summed E-state index contributed by atoms with van der Waals surface area (Å²) in [7, 11) is 0. The van der Waals surface area contributed by atoms with E-state index in [1.807, 2.05) is 23.3 Å². The molecule has 1 N–H and O–H groups in total. The van der Waals surface area contributed by atoms with Crippen molar-refractivity contribution in [2.75, 3.05) is 13.1 Å². The molecule has 0 aliphatic carbocycles. The maximum atomic E-state index is 12.5. The second-order valence-corrected chi connectivity index (χ2v) is 6.94. The lowest BCUT2D eigenvalue weighted by atomic mass is 9.92. The maximum Gasteiger partial charge on any atom is 0.303 e. The highest BCUT2D eigenvalue weighted by atomic mass is 32.1. The van der Waals surface area contributed by atoms with Crippen LogP contribution in [-0.2, 0) is 16.0 Å². The van der Waals surface area contributed by atoms with Crippen LogP contribution in [-0.4, -0.2) is 35.0 Å². The number of carboxylic acids is 1. The zero-order valence-corrected chi connectivity index (χ0v) is 13.3. The number of hydrogen-bond donors (Lipinski definition) is 1. The summed E-state index contributed by atoms with van der Waals surface area (Å²) in [5, 5.41) is 10.8. The Hall–Kier alpha value is -1.36. The molecule has 4 nitrogen and oxygen atoms in total. The van der Waals surface area contributed by atoms with E-state index >= 15 is 0 Å². The number of piperidine rings is 1. The van der Waals surface area contributed by atoms with E-state index in [0.29, 0.717) is 12.3 Å². The molecular formula is C16H23NO3S. The van der Waals surface area contributed by atoms with Gasteiger partial charge >= 0.3 is 5.97 Å². The largest absolute Gasteiger partial charge is 0.481 e. The standard InChI is InChI=1S/C16H23NO3S/c1-12(10-14-5-3-9-21-14)16(20)17-8-2-4-13(11-17)6-7-15(18)19/h3,5,9,12-13H,2,4,6-8,10-11H2,1H3,(H,18,19)/t12-,13-/m1/s1. The molecule has 2 atom stereocenters.